The van der Waals surface area contributed by atoms with Gasteiger partial charge in [0, 0.05) is 43.6 Å². The highest BCUT2D eigenvalue weighted by atomic mass is 16.6. The lowest BCUT2D eigenvalue weighted by molar-refractivity contribution is 0.0282. The molecule has 1 aromatic carbocycles. The van der Waals surface area contributed by atoms with Gasteiger partial charge < -0.3 is 29.4 Å². The number of ether oxygens (including phenoxy) is 2. The molecule has 11 nitrogen and oxygen atoms in total. The van der Waals surface area contributed by atoms with Gasteiger partial charge in [0.2, 0.25) is 5.95 Å². The number of benzene rings is 1. The molecule has 1 amide bonds. The number of carboxylic acids is 1. The Hall–Kier alpha value is -3.89. The lowest BCUT2D eigenvalue weighted by Gasteiger charge is -2.26. The molecule has 3 aromatic rings. The largest absolute Gasteiger partial charge is 0.496 e. The summed E-state index contributed by atoms with van der Waals surface area (Å²) >= 11 is 0. The number of carbonyl (C=O) groups is 2. The number of likely N-dealkylation sites (tertiary alicyclic amines) is 1. The predicted octanol–water partition coefficient (Wildman–Crippen LogP) is 3.03. The minimum atomic E-state index is -1.08. The summed E-state index contributed by atoms with van der Waals surface area (Å²) in [6, 6.07) is 4.94. The third-order valence-electron chi connectivity index (χ3n) is 6.40. The molecule has 0 spiro atoms. The molecule has 2 aromatic heterocycles. The van der Waals surface area contributed by atoms with Crippen molar-refractivity contribution in [2.75, 3.05) is 38.2 Å². The van der Waals surface area contributed by atoms with Crippen LogP contribution in [0.1, 0.15) is 31.1 Å². The molecule has 2 atom stereocenters. The van der Waals surface area contributed by atoms with E-state index in [4.69, 9.17) is 14.5 Å². The maximum absolute atomic E-state index is 12.5. The lowest BCUT2D eigenvalue weighted by Crippen LogP contribution is -2.37. The number of nitrogens with one attached hydrogen (secondary N) is 1. The quantitative estimate of drug-likeness (QED) is 0.578. The van der Waals surface area contributed by atoms with Crippen LogP contribution in [-0.4, -0.2) is 80.9 Å². The normalized spacial score (nSPS) is 19.8. The molecule has 2 aliphatic rings. The highest BCUT2D eigenvalue weighted by molar-refractivity contribution is 5.95. The first kappa shape index (κ1) is 22.9. The van der Waals surface area contributed by atoms with Crippen molar-refractivity contribution in [2.45, 2.75) is 26.4 Å². The zero-order chi connectivity index (χ0) is 24.9. The Labute approximate surface area is 202 Å². The number of imidazole rings is 1. The molecular formula is C24H28N6O5. The number of amides is 1. The molecule has 0 saturated carbocycles. The van der Waals surface area contributed by atoms with E-state index in [2.05, 4.69) is 19.9 Å². The molecule has 11 heteroatoms. The number of H-pyrrole nitrogens is 1. The first-order valence-corrected chi connectivity index (χ1v) is 11.5. The highest BCUT2D eigenvalue weighted by Gasteiger charge is 2.43. The van der Waals surface area contributed by atoms with E-state index in [1.807, 2.05) is 20.8 Å². The van der Waals surface area contributed by atoms with Crippen LogP contribution in [0.3, 0.4) is 0 Å². The number of aromatic amines is 1. The maximum Gasteiger partial charge on any atom is 0.410 e. The van der Waals surface area contributed by atoms with E-state index in [0.29, 0.717) is 66.4 Å². The van der Waals surface area contributed by atoms with Crippen molar-refractivity contribution in [1.29, 1.82) is 0 Å². The Morgan fingerprint density at radius 3 is 2.46 bits per heavy atom. The smallest absolute Gasteiger partial charge is 0.410 e. The van der Waals surface area contributed by atoms with Gasteiger partial charge in [-0.15, -0.1) is 0 Å². The molecule has 2 unspecified atom stereocenters. The molecule has 2 aliphatic heterocycles. The van der Waals surface area contributed by atoms with Gasteiger partial charge in [-0.2, -0.15) is 4.98 Å². The second-order valence-corrected chi connectivity index (χ2v) is 10.0. The van der Waals surface area contributed by atoms with E-state index in [1.165, 1.54) is 7.11 Å². The fourth-order valence-corrected chi connectivity index (χ4v) is 4.83. The van der Waals surface area contributed by atoms with Crippen LogP contribution in [0.5, 0.6) is 5.75 Å². The van der Waals surface area contributed by atoms with Gasteiger partial charge in [0.05, 0.1) is 13.4 Å². The maximum atomic E-state index is 12.5. The first-order chi connectivity index (χ1) is 16.6. The van der Waals surface area contributed by atoms with Crippen LogP contribution in [-0.2, 0) is 4.74 Å². The number of nitrogens with zero attached hydrogens (tertiary/aromatic N) is 5. The first-order valence-electron chi connectivity index (χ1n) is 11.5. The van der Waals surface area contributed by atoms with E-state index in [9.17, 15) is 14.7 Å². The molecule has 2 saturated heterocycles. The third kappa shape index (κ3) is 4.33. The summed E-state index contributed by atoms with van der Waals surface area (Å²) in [6.07, 6.45) is 1.27. The van der Waals surface area contributed by atoms with Crippen molar-refractivity contribution in [2.24, 2.45) is 11.8 Å². The summed E-state index contributed by atoms with van der Waals surface area (Å²) in [5.41, 5.74) is 1.86. The predicted molar refractivity (Wildman–Crippen MR) is 128 cm³/mol. The Balaban J connectivity index is 1.41. The van der Waals surface area contributed by atoms with Crippen molar-refractivity contribution in [3.05, 3.63) is 30.1 Å². The third-order valence-corrected chi connectivity index (χ3v) is 6.40. The summed E-state index contributed by atoms with van der Waals surface area (Å²) in [5.74, 6) is 0.317. The van der Waals surface area contributed by atoms with Gasteiger partial charge in [0.1, 0.15) is 28.1 Å². The number of carbonyl (C=O) groups excluding carboxylic acids is 1. The van der Waals surface area contributed by atoms with Crippen molar-refractivity contribution in [3.63, 3.8) is 0 Å². The second kappa shape index (κ2) is 8.40. The van der Waals surface area contributed by atoms with Crippen LogP contribution in [0.25, 0.3) is 22.4 Å². The molecule has 184 valence electrons. The summed E-state index contributed by atoms with van der Waals surface area (Å²) < 4.78 is 10.7. The molecule has 2 fully saturated rings. The van der Waals surface area contributed by atoms with Crippen LogP contribution in [0.2, 0.25) is 0 Å². The molecule has 0 aliphatic carbocycles. The zero-order valence-electron chi connectivity index (χ0n) is 20.1. The molecule has 2 N–H and O–H groups in total. The lowest BCUT2D eigenvalue weighted by atomic mass is 10.0. The monoisotopic (exact) mass is 480 g/mol. The van der Waals surface area contributed by atoms with E-state index < -0.39 is 11.6 Å². The van der Waals surface area contributed by atoms with Gasteiger partial charge in [0.15, 0.2) is 5.65 Å². The number of aromatic nitrogens is 4. The molecule has 0 radical (unpaired) electrons. The SMILES string of the molecule is COc1ccc(-c2nc(N3CC4CN(C(=O)OC(C)(C)C)CC4C3)nc3nc[nH]c23)cc1C(=O)O. The van der Waals surface area contributed by atoms with Gasteiger partial charge in [0.25, 0.3) is 0 Å². The van der Waals surface area contributed by atoms with Gasteiger partial charge >= 0.3 is 12.1 Å². The Morgan fingerprint density at radius 2 is 1.83 bits per heavy atom. The molecular weight excluding hydrogens is 452 g/mol. The van der Waals surface area contributed by atoms with E-state index in [0.717, 1.165) is 0 Å². The Bertz CT molecular complexity index is 1290. The van der Waals surface area contributed by atoms with E-state index >= 15 is 0 Å². The van der Waals surface area contributed by atoms with E-state index in [1.54, 1.807) is 29.4 Å². The number of methoxy groups -OCH3 is 1. The van der Waals surface area contributed by atoms with Crippen molar-refractivity contribution >= 4 is 29.2 Å². The minimum absolute atomic E-state index is 0.0516. The second-order valence-electron chi connectivity index (χ2n) is 10.0. The number of carboxylic acid groups (broad SMARTS) is 1. The minimum Gasteiger partial charge on any atom is -0.496 e. The van der Waals surface area contributed by atoms with Crippen molar-refractivity contribution < 1.29 is 24.2 Å². The summed E-state index contributed by atoms with van der Waals surface area (Å²) in [7, 11) is 1.44. The number of anilines is 1. The summed E-state index contributed by atoms with van der Waals surface area (Å²) in [5, 5.41) is 9.61. The van der Waals surface area contributed by atoms with Crippen LogP contribution < -0.4 is 9.64 Å². The number of hydrogen-bond acceptors (Lipinski definition) is 8. The standard InChI is InChI=1S/C24H28N6O5/c1-24(2,3)35-23(33)30-10-14-8-29(9-15(14)11-30)22-27-18(19-20(28-22)26-12-25-19)13-5-6-17(34-4)16(7-13)21(31)32/h5-7,12,14-15H,8-11H2,1-4H3,(H,31,32)(H,25,26,27,28). The number of aromatic carboxylic acids is 1. The van der Waals surface area contributed by atoms with Gasteiger partial charge in [-0.1, -0.05) is 0 Å². The van der Waals surface area contributed by atoms with Gasteiger partial charge in [-0.05, 0) is 39.0 Å². The fourth-order valence-electron chi connectivity index (χ4n) is 4.83. The van der Waals surface area contributed by atoms with Crippen LogP contribution >= 0.6 is 0 Å². The van der Waals surface area contributed by atoms with Crippen molar-refractivity contribution in [1.82, 2.24) is 24.8 Å². The number of hydrogen-bond donors (Lipinski definition) is 2. The molecule has 0 bridgehead atoms. The number of fused-ring (bicyclic) bond motifs is 2. The zero-order valence-corrected chi connectivity index (χ0v) is 20.1. The van der Waals surface area contributed by atoms with Crippen LogP contribution in [0.15, 0.2) is 24.5 Å². The van der Waals surface area contributed by atoms with Crippen LogP contribution in [0.4, 0.5) is 10.7 Å². The average Bonchev–Trinajstić information content (AvgIpc) is 3.51. The topological polar surface area (TPSA) is 134 Å². The molecule has 5 rings (SSSR count). The Morgan fingerprint density at radius 1 is 1.11 bits per heavy atom. The summed E-state index contributed by atoms with van der Waals surface area (Å²) in [6.45, 7) is 8.29. The van der Waals surface area contributed by atoms with Gasteiger partial charge in [-0.3, -0.25) is 0 Å². The van der Waals surface area contributed by atoms with Crippen LogP contribution in [0, 0.1) is 11.8 Å². The molecule has 35 heavy (non-hydrogen) atoms. The number of rotatable bonds is 4. The summed E-state index contributed by atoms with van der Waals surface area (Å²) in [4.78, 5) is 45.0. The van der Waals surface area contributed by atoms with Crippen molar-refractivity contribution in [3.8, 4) is 17.0 Å². The fraction of sp³-hybridized carbons (Fsp3) is 0.458. The average molecular weight is 481 g/mol. The van der Waals surface area contributed by atoms with Gasteiger partial charge in [-0.25, -0.2) is 19.6 Å². The van der Waals surface area contributed by atoms with E-state index in [-0.39, 0.29) is 17.4 Å². The molecule has 4 heterocycles. The highest BCUT2D eigenvalue weighted by Crippen LogP contribution is 2.36. The Kier molecular flexibility index (Phi) is 5.49.